The molecule has 8 heteroatoms. The quantitative estimate of drug-likeness (QED) is 0.829. The Labute approximate surface area is 118 Å². The van der Waals surface area contributed by atoms with E-state index in [4.69, 9.17) is 16.3 Å². The van der Waals surface area contributed by atoms with Crippen molar-refractivity contribution in [3.63, 3.8) is 0 Å². The van der Waals surface area contributed by atoms with Crippen molar-refractivity contribution in [1.82, 2.24) is 4.98 Å². The molecular weight excluding hydrogens is 278 g/mol. The number of nitrogen functional groups attached to an aromatic ring is 1. The van der Waals surface area contributed by atoms with Gasteiger partial charge in [0.1, 0.15) is 11.9 Å². The maximum absolute atomic E-state index is 11.4. The minimum absolute atomic E-state index is 0.0936. The Balaban J connectivity index is 3.56. The molecule has 0 aromatic carbocycles. The number of nitriles is 2. The van der Waals surface area contributed by atoms with Gasteiger partial charge in [0.25, 0.3) is 0 Å². The summed E-state index contributed by atoms with van der Waals surface area (Å²) in [5, 5.41) is 17.9. The molecule has 0 aliphatic rings. The van der Waals surface area contributed by atoms with Gasteiger partial charge < -0.3 is 5.73 Å². The zero-order valence-electron chi connectivity index (χ0n) is 11.3. The average molecular weight is 293 g/mol. The van der Waals surface area contributed by atoms with Crippen molar-refractivity contribution in [2.75, 3.05) is 16.7 Å². The zero-order chi connectivity index (χ0) is 15.3. The molecule has 20 heavy (non-hydrogen) atoms. The molecule has 0 saturated carbocycles. The second kappa shape index (κ2) is 6.22. The van der Waals surface area contributed by atoms with E-state index in [-0.39, 0.29) is 29.2 Å². The fourth-order valence-corrected chi connectivity index (χ4v) is 2.30. The van der Waals surface area contributed by atoms with Crippen LogP contribution in [0.2, 0.25) is 0 Å². The number of anilines is 2. The fraction of sp³-hybridized carbons (Fsp3) is 0.417. The van der Waals surface area contributed by atoms with Crippen LogP contribution in [0.5, 0.6) is 0 Å². The van der Waals surface area contributed by atoms with E-state index in [0.717, 1.165) is 6.26 Å². The van der Waals surface area contributed by atoms with Crippen molar-refractivity contribution in [3.05, 3.63) is 16.8 Å². The van der Waals surface area contributed by atoms with Gasteiger partial charge in [-0.1, -0.05) is 13.3 Å². The predicted molar refractivity (Wildman–Crippen MR) is 75.1 cm³/mol. The molecular formula is C12H15N5O2S. The van der Waals surface area contributed by atoms with Crippen LogP contribution >= 0.6 is 0 Å². The van der Waals surface area contributed by atoms with Crippen LogP contribution in [0.4, 0.5) is 11.5 Å². The van der Waals surface area contributed by atoms with Crippen molar-refractivity contribution in [2.24, 2.45) is 0 Å². The van der Waals surface area contributed by atoms with E-state index < -0.39 is 10.0 Å². The number of pyridine rings is 1. The van der Waals surface area contributed by atoms with Gasteiger partial charge >= 0.3 is 0 Å². The van der Waals surface area contributed by atoms with Crippen molar-refractivity contribution >= 4 is 21.5 Å². The minimum atomic E-state index is -3.52. The Hall–Kier alpha value is -2.32. The molecule has 0 unspecified atom stereocenters. The molecule has 0 amide bonds. The predicted octanol–water partition coefficient (Wildman–Crippen LogP) is 0.926. The number of sulfonamides is 1. The van der Waals surface area contributed by atoms with Crippen molar-refractivity contribution < 1.29 is 8.42 Å². The van der Waals surface area contributed by atoms with E-state index in [2.05, 4.69) is 9.71 Å². The van der Waals surface area contributed by atoms with Gasteiger partial charge in [0, 0.05) is 5.56 Å². The summed E-state index contributed by atoms with van der Waals surface area (Å²) in [4.78, 5) is 4.08. The molecule has 0 fully saturated rings. The highest BCUT2D eigenvalue weighted by molar-refractivity contribution is 7.92. The summed E-state index contributed by atoms with van der Waals surface area (Å²) >= 11 is 0. The summed E-state index contributed by atoms with van der Waals surface area (Å²) < 4.78 is 25.0. The molecule has 1 rings (SSSR count). The SMILES string of the molecule is CCCc1c(NS(C)(=O)=O)nc(CC#N)c(C#N)c1N. The van der Waals surface area contributed by atoms with E-state index in [1.807, 2.05) is 19.1 Å². The van der Waals surface area contributed by atoms with Crippen LogP contribution in [0.25, 0.3) is 0 Å². The summed E-state index contributed by atoms with van der Waals surface area (Å²) in [5.41, 5.74) is 6.90. The molecule has 0 bridgehead atoms. The van der Waals surface area contributed by atoms with Gasteiger partial charge in [-0.25, -0.2) is 13.4 Å². The van der Waals surface area contributed by atoms with Gasteiger partial charge in [0.05, 0.1) is 35.7 Å². The highest BCUT2D eigenvalue weighted by atomic mass is 32.2. The van der Waals surface area contributed by atoms with Crippen LogP contribution in [0, 0.1) is 22.7 Å². The number of rotatable bonds is 5. The molecule has 0 atom stereocenters. The number of nitrogens with two attached hydrogens (primary N) is 1. The van der Waals surface area contributed by atoms with Crippen LogP contribution < -0.4 is 10.5 Å². The van der Waals surface area contributed by atoms with E-state index in [1.165, 1.54) is 0 Å². The molecule has 0 spiro atoms. The molecule has 0 radical (unpaired) electrons. The lowest BCUT2D eigenvalue weighted by Crippen LogP contribution is -2.16. The summed E-state index contributed by atoms with van der Waals surface area (Å²) in [5.74, 6) is 0.0936. The van der Waals surface area contributed by atoms with Crippen molar-refractivity contribution in [2.45, 2.75) is 26.2 Å². The molecule has 106 valence electrons. The number of hydrogen-bond donors (Lipinski definition) is 2. The van der Waals surface area contributed by atoms with Crippen LogP contribution in [-0.4, -0.2) is 19.7 Å². The molecule has 0 saturated heterocycles. The van der Waals surface area contributed by atoms with Crippen LogP contribution in [0.3, 0.4) is 0 Å². The van der Waals surface area contributed by atoms with E-state index >= 15 is 0 Å². The zero-order valence-corrected chi connectivity index (χ0v) is 12.1. The largest absolute Gasteiger partial charge is 0.397 e. The van der Waals surface area contributed by atoms with E-state index in [0.29, 0.717) is 18.4 Å². The van der Waals surface area contributed by atoms with Gasteiger partial charge in [-0.2, -0.15) is 10.5 Å². The smallest absolute Gasteiger partial charge is 0.230 e. The third-order valence-electron chi connectivity index (χ3n) is 2.56. The second-order valence-electron chi connectivity index (χ2n) is 4.25. The highest BCUT2D eigenvalue weighted by Crippen LogP contribution is 2.28. The lowest BCUT2D eigenvalue weighted by Gasteiger charge is -2.15. The maximum Gasteiger partial charge on any atom is 0.230 e. The second-order valence-corrected chi connectivity index (χ2v) is 5.99. The lowest BCUT2D eigenvalue weighted by molar-refractivity contribution is 0.606. The van der Waals surface area contributed by atoms with Gasteiger partial charge in [0.15, 0.2) is 0 Å². The van der Waals surface area contributed by atoms with E-state index in [1.54, 1.807) is 0 Å². The Morgan fingerprint density at radius 3 is 2.50 bits per heavy atom. The summed E-state index contributed by atoms with van der Waals surface area (Å²) in [6, 6.07) is 3.80. The summed E-state index contributed by atoms with van der Waals surface area (Å²) in [6.45, 7) is 1.90. The van der Waals surface area contributed by atoms with Crippen LogP contribution in [0.1, 0.15) is 30.2 Å². The topological polar surface area (TPSA) is 133 Å². The Morgan fingerprint density at radius 2 is 2.05 bits per heavy atom. The molecule has 0 aliphatic heterocycles. The molecule has 0 aliphatic carbocycles. The monoisotopic (exact) mass is 293 g/mol. The summed E-state index contributed by atoms with van der Waals surface area (Å²) in [6.07, 6.45) is 2.09. The minimum Gasteiger partial charge on any atom is -0.397 e. The molecule has 7 nitrogen and oxygen atoms in total. The van der Waals surface area contributed by atoms with E-state index in [9.17, 15) is 8.42 Å². The van der Waals surface area contributed by atoms with Crippen LogP contribution in [0.15, 0.2) is 0 Å². The standard InChI is InChI=1S/C12H15N5O2S/c1-3-4-8-11(15)9(7-14)10(5-6-13)16-12(8)17-20(2,18)19/h3-5H2,1-2H3,(H3,15,16,17). The maximum atomic E-state index is 11.4. The number of hydrogen-bond acceptors (Lipinski definition) is 6. The molecule has 3 N–H and O–H groups in total. The number of aromatic nitrogens is 1. The molecule has 1 aromatic heterocycles. The Kier molecular flexibility index (Phi) is 4.89. The Morgan fingerprint density at radius 1 is 1.40 bits per heavy atom. The molecule has 1 aromatic rings. The fourth-order valence-electron chi connectivity index (χ4n) is 1.78. The average Bonchev–Trinajstić information content (AvgIpc) is 2.33. The van der Waals surface area contributed by atoms with Crippen molar-refractivity contribution in [3.8, 4) is 12.1 Å². The van der Waals surface area contributed by atoms with Gasteiger partial charge in [-0.3, -0.25) is 4.72 Å². The van der Waals surface area contributed by atoms with Gasteiger partial charge in [0.2, 0.25) is 10.0 Å². The highest BCUT2D eigenvalue weighted by Gasteiger charge is 2.19. The first-order valence-electron chi connectivity index (χ1n) is 5.90. The first-order chi connectivity index (χ1) is 9.34. The normalized spacial score (nSPS) is 10.6. The van der Waals surface area contributed by atoms with Crippen molar-refractivity contribution in [1.29, 1.82) is 10.5 Å². The third-order valence-corrected chi connectivity index (χ3v) is 3.12. The first-order valence-corrected chi connectivity index (χ1v) is 7.79. The Bertz CT molecular complexity index is 698. The number of nitrogens with one attached hydrogen (secondary N) is 1. The first kappa shape index (κ1) is 15.7. The summed E-state index contributed by atoms with van der Waals surface area (Å²) in [7, 11) is -3.52. The van der Waals surface area contributed by atoms with Crippen LogP contribution in [-0.2, 0) is 22.9 Å². The lowest BCUT2D eigenvalue weighted by atomic mass is 10.0. The van der Waals surface area contributed by atoms with Gasteiger partial charge in [-0.15, -0.1) is 0 Å². The third kappa shape index (κ3) is 3.59. The molecule has 1 heterocycles. The van der Waals surface area contributed by atoms with Gasteiger partial charge in [-0.05, 0) is 6.42 Å². The number of nitrogens with zero attached hydrogens (tertiary/aromatic N) is 3.